The van der Waals surface area contributed by atoms with Gasteiger partial charge in [-0.25, -0.2) is 0 Å². The minimum Gasteiger partial charge on any atom is -0.479 e. The van der Waals surface area contributed by atoms with Crippen molar-refractivity contribution in [3.63, 3.8) is 0 Å². The zero-order valence-corrected chi connectivity index (χ0v) is 15.3. The Balaban J connectivity index is 2.57. The van der Waals surface area contributed by atoms with Crippen molar-refractivity contribution in [1.82, 2.24) is 0 Å². The van der Waals surface area contributed by atoms with Gasteiger partial charge in [0.25, 0.3) is 0 Å². The van der Waals surface area contributed by atoms with Gasteiger partial charge in [0.15, 0.2) is 10.8 Å². The Morgan fingerprint density at radius 1 is 1.52 bits per heavy atom. The van der Waals surface area contributed by atoms with Gasteiger partial charge in [0.2, 0.25) is 0 Å². The van der Waals surface area contributed by atoms with Crippen LogP contribution in [-0.4, -0.2) is 15.6 Å². The third kappa shape index (κ3) is 3.67. The molecule has 1 aromatic rings. The molecule has 0 fully saturated rings. The molecule has 1 aliphatic carbocycles. The lowest BCUT2D eigenvalue weighted by Gasteiger charge is -2.23. The van der Waals surface area contributed by atoms with Crippen molar-refractivity contribution >= 4 is 43.2 Å². The Hall–Kier alpha value is -0.870. The lowest BCUT2D eigenvalue weighted by Crippen LogP contribution is -2.23. The van der Waals surface area contributed by atoms with Gasteiger partial charge >= 0.3 is 0 Å². The lowest BCUT2D eigenvalue weighted by atomic mass is 9.87. The predicted octanol–water partition coefficient (Wildman–Crippen LogP) is 5.29. The Bertz CT molecular complexity index is 603. The highest BCUT2D eigenvalue weighted by Gasteiger charge is 2.27. The van der Waals surface area contributed by atoms with E-state index >= 15 is 0 Å². The largest absolute Gasteiger partial charge is 0.479 e. The molecule has 112 valence electrons. The highest BCUT2D eigenvalue weighted by Crippen LogP contribution is 2.35. The fourth-order valence-electron chi connectivity index (χ4n) is 2.49. The van der Waals surface area contributed by atoms with Crippen LogP contribution < -0.4 is 4.74 Å². The van der Waals surface area contributed by atoms with Crippen molar-refractivity contribution < 1.29 is 9.53 Å². The minimum absolute atomic E-state index is 0.0880. The normalized spacial score (nSPS) is 19.9. The average Bonchev–Trinajstić information content (AvgIpc) is 2.42. The third-order valence-electron chi connectivity index (χ3n) is 3.50. The fourth-order valence-corrected chi connectivity index (χ4v) is 3.17. The van der Waals surface area contributed by atoms with Crippen LogP contribution in [0.2, 0.25) is 0 Å². The van der Waals surface area contributed by atoms with E-state index in [0.29, 0.717) is 0 Å². The van der Waals surface area contributed by atoms with E-state index < -0.39 is 0 Å². The molecular weight excluding hydrogens is 396 g/mol. The molecular formula is C17H18Br2O2. The molecule has 0 saturated heterocycles. The summed E-state index contributed by atoms with van der Waals surface area (Å²) in [5.41, 5.74) is 3.95. The van der Waals surface area contributed by atoms with Gasteiger partial charge in [-0.3, -0.25) is 4.79 Å². The number of aryl methyl sites for hydroxylation is 1. The predicted molar refractivity (Wildman–Crippen MR) is 94.7 cm³/mol. The molecule has 0 aromatic heterocycles. The first kappa shape index (κ1) is 16.5. The number of ether oxygens (including phenoxy) is 1. The quantitative estimate of drug-likeness (QED) is 0.495. The first-order valence-corrected chi connectivity index (χ1v) is 8.72. The van der Waals surface area contributed by atoms with Crippen LogP contribution >= 0.6 is 31.9 Å². The number of alkyl halides is 2. The first-order valence-electron chi connectivity index (χ1n) is 6.89. The smallest absolute Gasteiger partial charge is 0.176 e. The minimum atomic E-state index is -0.121. The van der Waals surface area contributed by atoms with E-state index in [0.717, 1.165) is 40.9 Å². The molecule has 4 heteroatoms. The SMILES string of the molecule is C=C/C=C(\C)c1cc2c(cc1OC(C)Br)C(=O)C(Br)CC2. The zero-order valence-electron chi connectivity index (χ0n) is 12.2. The molecule has 0 spiro atoms. The molecule has 1 aliphatic rings. The van der Waals surface area contributed by atoms with Gasteiger partial charge in [-0.15, -0.1) is 0 Å². The summed E-state index contributed by atoms with van der Waals surface area (Å²) in [6, 6.07) is 3.95. The molecule has 1 aromatic carbocycles. The van der Waals surface area contributed by atoms with Crippen molar-refractivity contribution in [2.45, 2.75) is 36.5 Å². The van der Waals surface area contributed by atoms with E-state index in [-0.39, 0.29) is 15.6 Å². The number of halogens is 2. The summed E-state index contributed by atoms with van der Waals surface area (Å²) in [5, 5.41) is -0.121. The molecule has 2 nitrogen and oxygen atoms in total. The number of rotatable bonds is 4. The van der Waals surface area contributed by atoms with E-state index in [2.05, 4.69) is 44.5 Å². The number of hydrogen-bond acceptors (Lipinski definition) is 2. The summed E-state index contributed by atoms with van der Waals surface area (Å²) in [4.78, 5) is 12.2. The van der Waals surface area contributed by atoms with E-state index in [1.54, 1.807) is 6.08 Å². The van der Waals surface area contributed by atoms with Crippen molar-refractivity contribution in [1.29, 1.82) is 0 Å². The van der Waals surface area contributed by atoms with Crippen molar-refractivity contribution in [2.24, 2.45) is 0 Å². The van der Waals surface area contributed by atoms with Crippen LogP contribution in [0.15, 0.2) is 30.9 Å². The summed E-state index contributed by atoms with van der Waals surface area (Å²) in [6.07, 6.45) is 5.45. The van der Waals surface area contributed by atoms with Crippen LogP contribution in [-0.2, 0) is 6.42 Å². The molecule has 2 atom stereocenters. The molecule has 0 aliphatic heterocycles. The summed E-state index contributed by atoms with van der Waals surface area (Å²) >= 11 is 6.85. The number of benzene rings is 1. The topological polar surface area (TPSA) is 26.3 Å². The Morgan fingerprint density at radius 3 is 2.86 bits per heavy atom. The number of Topliss-reactive ketones (excluding diaryl/α,β-unsaturated/α-hetero) is 1. The first-order chi connectivity index (χ1) is 9.93. The maximum atomic E-state index is 12.3. The summed E-state index contributed by atoms with van der Waals surface area (Å²) in [6.45, 7) is 7.67. The van der Waals surface area contributed by atoms with Crippen molar-refractivity contribution in [3.8, 4) is 5.75 Å². The van der Waals surface area contributed by atoms with Crippen LogP contribution in [0.1, 0.15) is 41.8 Å². The van der Waals surface area contributed by atoms with Crippen LogP contribution in [0.5, 0.6) is 5.75 Å². The zero-order chi connectivity index (χ0) is 15.6. The molecule has 0 saturated carbocycles. The maximum Gasteiger partial charge on any atom is 0.176 e. The molecule has 2 rings (SSSR count). The Labute approximate surface area is 142 Å². The van der Waals surface area contributed by atoms with E-state index in [4.69, 9.17) is 4.74 Å². The molecule has 0 amide bonds. The highest BCUT2D eigenvalue weighted by atomic mass is 79.9. The highest BCUT2D eigenvalue weighted by molar-refractivity contribution is 9.10. The van der Waals surface area contributed by atoms with Crippen LogP contribution in [0.3, 0.4) is 0 Å². The number of carbonyl (C=O) groups excluding carboxylic acids is 1. The Kier molecular flexibility index (Phi) is 5.44. The van der Waals surface area contributed by atoms with Crippen LogP contribution in [0, 0.1) is 0 Å². The van der Waals surface area contributed by atoms with E-state index in [1.165, 1.54) is 0 Å². The van der Waals surface area contributed by atoms with Gasteiger partial charge in [0.05, 0.1) is 4.83 Å². The maximum absolute atomic E-state index is 12.3. The average molecular weight is 414 g/mol. The van der Waals surface area contributed by atoms with Crippen molar-refractivity contribution in [2.75, 3.05) is 0 Å². The molecule has 0 N–H and O–H groups in total. The second-order valence-corrected chi connectivity index (χ2v) is 7.52. The molecule has 0 radical (unpaired) electrons. The van der Waals surface area contributed by atoms with Gasteiger partial charge in [-0.05, 0) is 65.9 Å². The number of ketones is 1. The monoisotopic (exact) mass is 412 g/mol. The molecule has 0 heterocycles. The van der Waals surface area contributed by atoms with Crippen LogP contribution in [0.25, 0.3) is 5.57 Å². The second kappa shape index (κ2) is 6.93. The standard InChI is InChI=1S/C17H18Br2O2/c1-4-5-10(2)13-8-12-6-7-15(19)17(20)14(12)9-16(13)21-11(3)18/h4-5,8-9,11,15H,1,6-7H2,2-3H3/b10-5+. The second-order valence-electron chi connectivity index (χ2n) is 5.12. The number of allylic oxidation sites excluding steroid dienone is 3. The van der Waals surface area contributed by atoms with Crippen LogP contribution in [0.4, 0.5) is 0 Å². The van der Waals surface area contributed by atoms with E-state index in [1.807, 2.05) is 26.0 Å². The number of fused-ring (bicyclic) bond motifs is 1. The summed E-state index contributed by atoms with van der Waals surface area (Å²) in [7, 11) is 0. The fraction of sp³-hybridized carbons (Fsp3) is 0.353. The third-order valence-corrected chi connectivity index (χ3v) is 4.57. The molecule has 21 heavy (non-hydrogen) atoms. The number of hydrogen-bond donors (Lipinski definition) is 0. The van der Waals surface area contributed by atoms with Gasteiger partial charge in [-0.1, -0.05) is 34.7 Å². The lowest BCUT2D eigenvalue weighted by molar-refractivity contribution is 0.0981. The molecule has 2 unspecified atom stereocenters. The molecule has 0 bridgehead atoms. The van der Waals surface area contributed by atoms with Crippen molar-refractivity contribution in [3.05, 3.63) is 47.6 Å². The summed E-state index contributed by atoms with van der Waals surface area (Å²) in [5.74, 6) is 0.865. The van der Waals surface area contributed by atoms with Gasteiger partial charge < -0.3 is 4.74 Å². The number of carbonyl (C=O) groups is 1. The van der Waals surface area contributed by atoms with E-state index in [9.17, 15) is 4.79 Å². The van der Waals surface area contributed by atoms with Gasteiger partial charge in [-0.2, -0.15) is 0 Å². The Morgan fingerprint density at radius 2 is 2.24 bits per heavy atom. The summed E-state index contributed by atoms with van der Waals surface area (Å²) < 4.78 is 5.84. The van der Waals surface area contributed by atoms with Gasteiger partial charge in [0, 0.05) is 11.1 Å². The van der Waals surface area contributed by atoms with Gasteiger partial charge in [0.1, 0.15) is 5.75 Å².